The number of aryl methyl sites for hydroxylation is 1. The first-order valence-electron chi connectivity index (χ1n) is 6.04. The minimum atomic E-state index is -0.136. The average molecular weight is 364 g/mol. The molecule has 1 aromatic carbocycles. The van der Waals surface area contributed by atoms with Gasteiger partial charge in [0.25, 0.3) is 5.91 Å². The van der Waals surface area contributed by atoms with E-state index in [0.717, 1.165) is 15.0 Å². The molecule has 1 N–H and O–H groups in total. The lowest BCUT2D eigenvalue weighted by Gasteiger charge is -2.05. The minimum absolute atomic E-state index is 0.136. The molecule has 0 fully saturated rings. The van der Waals surface area contributed by atoms with E-state index in [4.69, 9.17) is 0 Å². The summed E-state index contributed by atoms with van der Waals surface area (Å²) in [6, 6.07) is 9.18. The molecular weight excluding hydrogens is 354 g/mol. The highest BCUT2D eigenvalue weighted by Gasteiger charge is 2.11. The number of benzene rings is 1. The third-order valence-corrected chi connectivity index (χ3v) is 4.93. The summed E-state index contributed by atoms with van der Waals surface area (Å²) in [7, 11) is 0. The number of carbonyl (C=O) groups is 1. The van der Waals surface area contributed by atoms with E-state index in [-0.39, 0.29) is 5.91 Å². The summed E-state index contributed by atoms with van der Waals surface area (Å²) in [5.41, 5.74) is 2.52. The summed E-state index contributed by atoms with van der Waals surface area (Å²) in [6.07, 6.45) is 1.50. The third-order valence-electron chi connectivity index (χ3n) is 2.80. The molecule has 0 saturated heterocycles. The molecule has 0 unspecified atom stereocenters. The summed E-state index contributed by atoms with van der Waals surface area (Å²) in [6.45, 7) is 1.95. The van der Waals surface area contributed by atoms with Crippen molar-refractivity contribution in [2.24, 2.45) is 0 Å². The van der Waals surface area contributed by atoms with Crippen molar-refractivity contribution in [3.8, 4) is 5.69 Å². The van der Waals surface area contributed by atoms with E-state index in [1.807, 2.05) is 37.3 Å². The standard InChI is InChI=1S/C13H10BrN5OS/c1-8-5-11(21-12(8)14)13(20)16-9-3-2-4-10(6-9)19-7-15-17-18-19/h2-7H,1H3,(H,16,20). The molecule has 0 aliphatic carbocycles. The number of carbonyl (C=O) groups excluding carboxylic acids is 1. The number of amides is 1. The molecular formula is C13H10BrN5OS. The highest BCUT2D eigenvalue weighted by atomic mass is 79.9. The van der Waals surface area contributed by atoms with Gasteiger partial charge in [-0.1, -0.05) is 6.07 Å². The van der Waals surface area contributed by atoms with E-state index >= 15 is 0 Å². The molecule has 0 bridgehead atoms. The van der Waals surface area contributed by atoms with Gasteiger partial charge in [0, 0.05) is 5.69 Å². The van der Waals surface area contributed by atoms with Gasteiger partial charge in [0.05, 0.1) is 14.4 Å². The molecule has 2 heterocycles. The molecule has 0 aliphatic rings. The molecule has 3 rings (SSSR count). The van der Waals surface area contributed by atoms with Crippen LogP contribution >= 0.6 is 27.3 Å². The molecule has 0 atom stereocenters. The van der Waals surface area contributed by atoms with Crippen LogP contribution in [0.5, 0.6) is 0 Å². The Labute approximate surface area is 132 Å². The maximum absolute atomic E-state index is 12.2. The lowest BCUT2D eigenvalue weighted by atomic mass is 10.2. The van der Waals surface area contributed by atoms with Crippen molar-refractivity contribution in [2.45, 2.75) is 6.92 Å². The zero-order valence-corrected chi connectivity index (χ0v) is 13.3. The van der Waals surface area contributed by atoms with Crippen molar-refractivity contribution in [2.75, 3.05) is 5.32 Å². The van der Waals surface area contributed by atoms with Crippen LogP contribution in [0.3, 0.4) is 0 Å². The maximum atomic E-state index is 12.2. The number of hydrogen-bond donors (Lipinski definition) is 1. The second-order valence-electron chi connectivity index (χ2n) is 4.33. The molecule has 106 valence electrons. The molecule has 1 amide bonds. The number of tetrazole rings is 1. The van der Waals surface area contributed by atoms with Crippen LogP contribution in [0.25, 0.3) is 5.69 Å². The van der Waals surface area contributed by atoms with Crippen molar-refractivity contribution in [1.82, 2.24) is 20.2 Å². The van der Waals surface area contributed by atoms with Gasteiger partial charge in [0.15, 0.2) is 0 Å². The molecule has 8 heteroatoms. The van der Waals surface area contributed by atoms with Gasteiger partial charge >= 0.3 is 0 Å². The fourth-order valence-corrected chi connectivity index (χ4v) is 3.20. The molecule has 2 aromatic heterocycles. The summed E-state index contributed by atoms with van der Waals surface area (Å²) >= 11 is 4.83. The van der Waals surface area contributed by atoms with Gasteiger partial charge in [-0.2, -0.15) is 0 Å². The van der Waals surface area contributed by atoms with Crippen LogP contribution < -0.4 is 5.32 Å². The van der Waals surface area contributed by atoms with Gasteiger partial charge < -0.3 is 5.32 Å². The maximum Gasteiger partial charge on any atom is 0.265 e. The topological polar surface area (TPSA) is 72.7 Å². The van der Waals surface area contributed by atoms with E-state index < -0.39 is 0 Å². The Morgan fingerprint density at radius 2 is 2.24 bits per heavy atom. The number of hydrogen-bond acceptors (Lipinski definition) is 5. The smallest absolute Gasteiger partial charge is 0.265 e. The van der Waals surface area contributed by atoms with Gasteiger partial charge in [-0.25, -0.2) is 4.68 Å². The normalized spacial score (nSPS) is 10.6. The van der Waals surface area contributed by atoms with E-state index in [1.54, 1.807) is 0 Å². The Morgan fingerprint density at radius 3 is 2.90 bits per heavy atom. The van der Waals surface area contributed by atoms with E-state index in [2.05, 4.69) is 36.8 Å². The second-order valence-corrected chi connectivity index (χ2v) is 6.70. The Morgan fingerprint density at radius 1 is 1.38 bits per heavy atom. The van der Waals surface area contributed by atoms with Gasteiger partial charge in [-0.15, -0.1) is 16.4 Å². The van der Waals surface area contributed by atoms with Crippen molar-refractivity contribution >= 4 is 38.9 Å². The SMILES string of the molecule is Cc1cc(C(=O)Nc2cccc(-n3cnnn3)c2)sc1Br. The highest BCUT2D eigenvalue weighted by Crippen LogP contribution is 2.28. The van der Waals surface area contributed by atoms with Crippen LogP contribution in [0, 0.1) is 6.92 Å². The molecule has 21 heavy (non-hydrogen) atoms. The fourth-order valence-electron chi connectivity index (χ4n) is 1.77. The van der Waals surface area contributed by atoms with Crippen molar-refractivity contribution in [3.05, 3.63) is 50.9 Å². The Hall–Kier alpha value is -2.06. The summed E-state index contributed by atoms with van der Waals surface area (Å²) in [5.74, 6) is -0.136. The third kappa shape index (κ3) is 3.01. The zero-order valence-electron chi connectivity index (χ0n) is 10.9. The number of nitrogens with zero attached hydrogens (tertiary/aromatic N) is 4. The Kier molecular flexibility index (Phi) is 3.80. The number of anilines is 1. The van der Waals surface area contributed by atoms with Crippen molar-refractivity contribution in [3.63, 3.8) is 0 Å². The van der Waals surface area contributed by atoms with Crippen LogP contribution in [0.2, 0.25) is 0 Å². The summed E-state index contributed by atoms with van der Waals surface area (Å²) in [5, 5.41) is 13.9. The summed E-state index contributed by atoms with van der Waals surface area (Å²) < 4.78 is 2.50. The van der Waals surface area contributed by atoms with Crippen LogP contribution in [-0.4, -0.2) is 26.1 Å². The molecule has 6 nitrogen and oxygen atoms in total. The zero-order chi connectivity index (χ0) is 14.8. The monoisotopic (exact) mass is 363 g/mol. The Bertz CT molecular complexity index is 764. The molecule has 0 saturated carbocycles. The van der Waals surface area contributed by atoms with E-state index in [9.17, 15) is 4.79 Å². The van der Waals surface area contributed by atoms with Gasteiger partial charge in [0.2, 0.25) is 0 Å². The van der Waals surface area contributed by atoms with Crippen molar-refractivity contribution in [1.29, 1.82) is 0 Å². The van der Waals surface area contributed by atoms with E-state index in [1.165, 1.54) is 22.3 Å². The van der Waals surface area contributed by atoms with Gasteiger partial charge in [-0.3, -0.25) is 4.79 Å². The molecule has 0 radical (unpaired) electrons. The fraction of sp³-hybridized carbons (Fsp3) is 0.0769. The van der Waals surface area contributed by atoms with Crippen LogP contribution in [0.4, 0.5) is 5.69 Å². The first-order valence-corrected chi connectivity index (χ1v) is 7.65. The highest BCUT2D eigenvalue weighted by molar-refractivity contribution is 9.11. The van der Waals surface area contributed by atoms with Crippen LogP contribution in [-0.2, 0) is 0 Å². The minimum Gasteiger partial charge on any atom is -0.321 e. The second kappa shape index (κ2) is 5.74. The lowest BCUT2D eigenvalue weighted by Crippen LogP contribution is -2.10. The van der Waals surface area contributed by atoms with E-state index in [0.29, 0.717) is 10.6 Å². The quantitative estimate of drug-likeness (QED) is 0.775. The molecule has 0 spiro atoms. The predicted octanol–water partition coefficient (Wildman–Crippen LogP) is 3.05. The lowest BCUT2D eigenvalue weighted by molar-refractivity contribution is 0.103. The van der Waals surface area contributed by atoms with Crippen LogP contribution in [0.15, 0.2) is 40.4 Å². The number of halogens is 1. The van der Waals surface area contributed by atoms with Gasteiger partial charge in [-0.05, 0) is 63.1 Å². The van der Waals surface area contributed by atoms with Crippen LogP contribution in [0.1, 0.15) is 15.2 Å². The summed E-state index contributed by atoms with van der Waals surface area (Å²) in [4.78, 5) is 12.9. The Balaban J connectivity index is 1.82. The number of aromatic nitrogens is 4. The number of thiophene rings is 1. The largest absolute Gasteiger partial charge is 0.321 e. The molecule has 3 aromatic rings. The van der Waals surface area contributed by atoms with Crippen molar-refractivity contribution < 1.29 is 4.79 Å². The predicted molar refractivity (Wildman–Crippen MR) is 83.9 cm³/mol. The molecule has 0 aliphatic heterocycles. The first kappa shape index (κ1) is 13.9. The number of nitrogens with one attached hydrogen (secondary N) is 1. The van der Waals surface area contributed by atoms with Gasteiger partial charge in [0.1, 0.15) is 6.33 Å². The average Bonchev–Trinajstić information content (AvgIpc) is 3.10. The number of rotatable bonds is 3. The first-order chi connectivity index (χ1) is 10.1.